The predicted octanol–water partition coefficient (Wildman–Crippen LogP) is 4.60. The van der Waals surface area contributed by atoms with E-state index >= 15 is 0 Å². The molecule has 0 saturated carbocycles. The molecule has 23 heavy (non-hydrogen) atoms. The first kappa shape index (κ1) is 15.4. The topological polar surface area (TPSA) is 32.3 Å². The van der Waals surface area contributed by atoms with E-state index in [-0.39, 0.29) is 5.91 Å². The molecule has 2 aromatic carbocycles. The molecule has 0 spiro atoms. The maximum atomic E-state index is 12.3. The van der Waals surface area contributed by atoms with Gasteiger partial charge in [-0.3, -0.25) is 15.0 Å². The van der Waals surface area contributed by atoms with Crippen molar-refractivity contribution in [2.75, 3.05) is 4.90 Å². The molecule has 0 aliphatic heterocycles. The van der Waals surface area contributed by atoms with E-state index < -0.39 is 0 Å². The second-order valence-corrected chi connectivity index (χ2v) is 6.08. The number of rotatable bonds is 3. The number of hydrogen-bond donors (Lipinski definition) is 1. The van der Waals surface area contributed by atoms with Crippen molar-refractivity contribution in [2.24, 2.45) is 0 Å². The Balaban J connectivity index is 1.89. The third kappa shape index (κ3) is 3.64. The van der Waals surface area contributed by atoms with Crippen LogP contribution in [0.4, 0.5) is 11.4 Å². The molecule has 0 atom stereocenters. The summed E-state index contributed by atoms with van der Waals surface area (Å²) in [5, 5.41) is 5.02. The van der Waals surface area contributed by atoms with Crippen LogP contribution in [-0.2, 0) is 0 Å². The summed E-state index contributed by atoms with van der Waals surface area (Å²) in [7, 11) is 0. The third-order valence-corrected chi connectivity index (χ3v) is 4.35. The maximum absolute atomic E-state index is 12.3. The molecular formula is C18H14N2OS2. The maximum Gasteiger partial charge on any atom is 0.267 e. The van der Waals surface area contributed by atoms with Gasteiger partial charge in [0.05, 0.1) is 4.88 Å². The van der Waals surface area contributed by atoms with Crippen LogP contribution in [0.25, 0.3) is 0 Å². The Morgan fingerprint density at radius 2 is 1.43 bits per heavy atom. The standard InChI is InChI=1S/C18H14N2OS2/c21-17(16-12-7-13-23-16)19-18(22)20(14-8-3-1-4-9-14)15-10-5-2-6-11-15/h1-13H,(H,19,21,22). The third-order valence-electron chi connectivity index (χ3n) is 3.20. The number of hydrogen-bond acceptors (Lipinski definition) is 3. The number of carbonyl (C=O) groups is 1. The minimum atomic E-state index is -0.193. The van der Waals surface area contributed by atoms with Crippen molar-refractivity contribution in [2.45, 2.75) is 0 Å². The first-order valence-electron chi connectivity index (χ1n) is 7.05. The van der Waals surface area contributed by atoms with Crippen LogP contribution < -0.4 is 10.2 Å². The van der Waals surface area contributed by atoms with Crippen molar-refractivity contribution in [1.82, 2.24) is 5.32 Å². The number of nitrogens with zero attached hydrogens (tertiary/aromatic N) is 1. The van der Waals surface area contributed by atoms with Crippen molar-refractivity contribution >= 4 is 45.9 Å². The molecule has 1 heterocycles. The lowest BCUT2D eigenvalue weighted by Crippen LogP contribution is -2.40. The summed E-state index contributed by atoms with van der Waals surface area (Å²) < 4.78 is 0. The van der Waals surface area contributed by atoms with Crippen molar-refractivity contribution in [3.05, 3.63) is 83.1 Å². The van der Waals surface area contributed by atoms with Gasteiger partial charge in [0.15, 0.2) is 5.11 Å². The predicted molar refractivity (Wildman–Crippen MR) is 99.4 cm³/mol. The number of nitrogens with one attached hydrogen (secondary N) is 1. The quantitative estimate of drug-likeness (QED) is 0.708. The molecule has 1 N–H and O–H groups in total. The van der Waals surface area contributed by atoms with Crippen LogP contribution in [0.1, 0.15) is 9.67 Å². The number of para-hydroxylation sites is 2. The molecule has 0 saturated heterocycles. The van der Waals surface area contributed by atoms with Crippen LogP contribution in [-0.4, -0.2) is 11.0 Å². The fourth-order valence-electron chi connectivity index (χ4n) is 2.16. The minimum Gasteiger partial charge on any atom is -0.298 e. The van der Waals surface area contributed by atoms with Crippen molar-refractivity contribution in [3.63, 3.8) is 0 Å². The number of thiophene rings is 1. The van der Waals surface area contributed by atoms with E-state index in [1.165, 1.54) is 11.3 Å². The monoisotopic (exact) mass is 338 g/mol. The molecule has 5 heteroatoms. The lowest BCUT2D eigenvalue weighted by atomic mass is 10.2. The average Bonchev–Trinajstić information content (AvgIpc) is 3.12. The van der Waals surface area contributed by atoms with Crippen molar-refractivity contribution < 1.29 is 4.79 Å². The second-order valence-electron chi connectivity index (χ2n) is 4.74. The number of thiocarbonyl (C=S) groups is 1. The van der Waals surface area contributed by atoms with Gasteiger partial charge in [0, 0.05) is 11.4 Å². The molecular weight excluding hydrogens is 324 g/mol. The number of carbonyl (C=O) groups excluding carboxylic acids is 1. The molecule has 1 aromatic heterocycles. The molecule has 0 fully saturated rings. The van der Waals surface area contributed by atoms with Gasteiger partial charge in [0.1, 0.15) is 0 Å². The number of benzene rings is 2. The van der Waals surface area contributed by atoms with E-state index in [9.17, 15) is 4.79 Å². The molecule has 3 aromatic rings. The first-order valence-corrected chi connectivity index (χ1v) is 8.33. The largest absolute Gasteiger partial charge is 0.298 e. The molecule has 0 aliphatic rings. The van der Waals surface area contributed by atoms with Crippen LogP contribution in [0.3, 0.4) is 0 Å². The van der Waals surface area contributed by atoms with E-state index in [4.69, 9.17) is 12.2 Å². The highest BCUT2D eigenvalue weighted by Gasteiger charge is 2.17. The van der Waals surface area contributed by atoms with Crippen molar-refractivity contribution in [1.29, 1.82) is 0 Å². The first-order chi connectivity index (χ1) is 11.3. The van der Waals surface area contributed by atoms with Gasteiger partial charge in [-0.25, -0.2) is 0 Å². The van der Waals surface area contributed by atoms with Gasteiger partial charge in [-0.2, -0.15) is 0 Å². The van der Waals surface area contributed by atoms with E-state index in [1.54, 1.807) is 6.07 Å². The Morgan fingerprint density at radius 3 is 1.91 bits per heavy atom. The minimum absolute atomic E-state index is 0.193. The molecule has 0 radical (unpaired) electrons. The molecule has 114 valence electrons. The molecule has 0 aliphatic carbocycles. The Kier molecular flexibility index (Phi) is 4.80. The van der Waals surface area contributed by atoms with Crippen LogP contribution in [0.15, 0.2) is 78.2 Å². The highest BCUT2D eigenvalue weighted by Crippen LogP contribution is 2.25. The zero-order valence-electron chi connectivity index (χ0n) is 12.2. The van der Waals surface area contributed by atoms with Crippen molar-refractivity contribution in [3.8, 4) is 0 Å². The highest BCUT2D eigenvalue weighted by molar-refractivity contribution is 7.80. The van der Waals surface area contributed by atoms with E-state index in [2.05, 4.69) is 5.32 Å². The molecule has 0 unspecified atom stereocenters. The molecule has 3 nitrogen and oxygen atoms in total. The fourth-order valence-corrected chi connectivity index (χ4v) is 3.08. The summed E-state index contributed by atoms with van der Waals surface area (Å²) >= 11 is 6.87. The Morgan fingerprint density at radius 1 is 0.870 bits per heavy atom. The fraction of sp³-hybridized carbons (Fsp3) is 0. The van der Waals surface area contributed by atoms with Gasteiger partial charge >= 0.3 is 0 Å². The Bertz CT molecular complexity index is 747. The number of amides is 1. The smallest absolute Gasteiger partial charge is 0.267 e. The second kappa shape index (κ2) is 7.17. The van der Waals surface area contributed by atoms with Gasteiger partial charge in [-0.15, -0.1) is 11.3 Å². The van der Waals surface area contributed by atoms with Gasteiger partial charge < -0.3 is 0 Å². The van der Waals surface area contributed by atoms with Crippen LogP contribution >= 0.6 is 23.6 Å². The summed E-state index contributed by atoms with van der Waals surface area (Å²) in [5.41, 5.74) is 1.80. The Hall–Kier alpha value is -2.50. The van der Waals surface area contributed by atoms with Gasteiger partial charge in [-0.05, 0) is 47.9 Å². The summed E-state index contributed by atoms with van der Waals surface area (Å²) in [6.07, 6.45) is 0. The molecule has 0 bridgehead atoms. The van der Waals surface area contributed by atoms with E-state index in [0.717, 1.165) is 11.4 Å². The summed E-state index contributed by atoms with van der Waals surface area (Å²) in [6.45, 7) is 0. The molecule has 3 rings (SSSR count). The van der Waals surface area contributed by atoms with Gasteiger partial charge in [-0.1, -0.05) is 42.5 Å². The van der Waals surface area contributed by atoms with Crippen LogP contribution in [0.5, 0.6) is 0 Å². The van der Waals surface area contributed by atoms with Crippen LogP contribution in [0, 0.1) is 0 Å². The lowest BCUT2D eigenvalue weighted by molar-refractivity contribution is 0.0981. The summed E-state index contributed by atoms with van der Waals surface area (Å²) in [5.74, 6) is -0.193. The summed E-state index contributed by atoms with van der Waals surface area (Å²) in [6, 6.07) is 23.1. The lowest BCUT2D eigenvalue weighted by Gasteiger charge is -2.25. The van der Waals surface area contributed by atoms with Crippen LogP contribution in [0.2, 0.25) is 0 Å². The average molecular weight is 338 g/mol. The SMILES string of the molecule is O=C(NC(=S)N(c1ccccc1)c1ccccc1)c1cccs1. The molecule has 1 amide bonds. The normalized spacial score (nSPS) is 10.1. The summed E-state index contributed by atoms with van der Waals surface area (Å²) in [4.78, 5) is 14.7. The zero-order valence-corrected chi connectivity index (χ0v) is 13.8. The Labute approximate surface area is 144 Å². The highest BCUT2D eigenvalue weighted by atomic mass is 32.1. The van der Waals surface area contributed by atoms with Gasteiger partial charge in [0.25, 0.3) is 5.91 Å². The zero-order chi connectivity index (χ0) is 16.1. The van der Waals surface area contributed by atoms with E-state index in [0.29, 0.717) is 9.99 Å². The number of anilines is 2. The van der Waals surface area contributed by atoms with E-state index in [1.807, 2.05) is 77.0 Å². The van der Waals surface area contributed by atoms with Gasteiger partial charge in [0.2, 0.25) is 0 Å².